The molecule has 0 fully saturated rings. The molecule has 0 amide bonds. The first-order chi connectivity index (χ1) is 6.25. The van der Waals surface area contributed by atoms with Crippen LogP contribution in [0.5, 0.6) is 5.75 Å². The number of nitrogens with one attached hydrogen (secondary N) is 1. The van der Waals surface area contributed by atoms with Gasteiger partial charge in [-0.1, -0.05) is 0 Å². The van der Waals surface area contributed by atoms with E-state index in [4.69, 9.17) is 5.11 Å². The quantitative estimate of drug-likeness (QED) is 0.690. The average molecular weight is 177 g/mol. The standard InChI is InChI=1S/C9H7NO3/c11-7-3-1-6(2-4-7)8-5-9(12)13-10-8/h1-5,10-11H. The second-order valence-electron chi connectivity index (χ2n) is 2.63. The Morgan fingerprint density at radius 3 is 2.46 bits per heavy atom. The molecule has 13 heavy (non-hydrogen) atoms. The maximum absolute atomic E-state index is 10.7. The zero-order chi connectivity index (χ0) is 9.26. The molecule has 0 saturated heterocycles. The van der Waals surface area contributed by atoms with Crippen LogP contribution in [0.2, 0.25) is 0 Å². The molecule has 0 saturated carbocycles. The molecule has 0 radical (unpaired) electrons. The Hall–Kier alpha value is -1.97. The highest BCUT2D eigenvalue weighted by molar-refractivity contribution is 5.58. The van der Waals surface area contributed by atoms with Crippen molar-refractivity contribution in [3.63, 3.8) is 0 Å². The molecule has 0 atom stereocenters. The van der Waals surface area contributed by atoms with Crippen LogP contribution in [-0.4, -0.2) is 10.3 Å². The van der Waals surface area contributed by atoms with Gasteiger partial charge in [0, 0.05) is 5.56 Å². The number of benzene rings is 1. The maximum Gasteiger partial charge on any atom is 0.357 e. The van der Waals surface area contributed by atoms with Crippen LogP contribution in [0, 0.1) is 0 Å². The van der Waals surface area contributed by atoms with Crippen molar-refractivity contribution in [2.75, 3.05) is 0 Å². The van der Waals surface area contributed by atoms with E-state index in [9.17, 15) is 4.79 Å². The molecule has 2 rings (SSSR count). The fourth-order valence-electron chi connectivity index (χ4n) is 1.07. The number of aromatic nitrogens is 1. The van der Waals surface area contributed by atoms with Gasteiger partial charge in [-0.05, 0) is 24.3 Å². The van der Waals surface area contributed by atoms with Crippen LogP contribution in [0.25, 0.3) is 11.3 Å². The Labute approximate surface area is 73.4 Å². The van der Waals surface area contributed by atoms with E-state index < -0.39 is 5.63 Å². The zero-order valence-corrected chi connectivity index (χ0v) is 6.65. The van der Waals surface area contributed by atoms with E-state index in [2.05, 4.69) is 9.68 Å². The topological polar surface area (TPSA) is 66.2 Å². The second kappa shape index (κ2) is 2.82. The van der Waals surface area contributed by atoms with E-state index in [1.807, 2.05) is 0 Å². The summed E-state index contributed by atoms with van der Waals surface area (Å²) in [5.41, 5.74) is 0.983. The first-order valence-corrected chi connectivity index (χ1v) is 3.73. The lowest BCUT2D eigenvalue weighted by atomic mass is 10.1. The number of phenols is 1. The molecule has 0 bridgehead atoms. The lowest BCUT2D eigenvalue weighted by Gasteiger charge is -1.95. The van der Waals surface area contributed by atoms with E-state index in [1.165, 1.54) is 6.07 Å². The molecule has 0 unspecified atom stereocenters. The van der Waals surface area contributed by atoms with Crippen LogP contribution in [0.1, 0.15) is 0 Å². The van der Waals surface area contributed by atoms with Gasteiger partial charge in [0.05, 0.1) is 11.8 Å². The van der Waals surface area contributed by atoms with Crippen molar-refractivity contribution >= 4 is 0 Å². The predicted molar refractivity (Wildman–Crippen MR) is 46.4 cm³/mol. The predicted octanol–water partition coefficient (Wildman–Crippen LogP) is 1.34. The van der Waals surface area contributed by atoms with Crippen molar-refractivity contribution in [2.24, 2.45) is 0 Å². The molecule has 2 N–H and O–H groups in total. The van der Waals surface area contributed by atoms with Crippen LogP contribution in [0.3, 0.4) is 0 Å². The molecule has 0 aliphatic carbocycles. The first-order valence-electron chi connectivity index (χ1n) is 3.73. The van der Waals surface area contributed by atoms with E-state index in [-0.39, 0.29) is 5.75 Å². The third-order valence-corrected chi connectivity index (χ3v) is 1.70. The van der Waals surface area contributed by atoms with Crippen LogP contribution in [0.4, 0.5) is 0 Å². The summed E-state index contributed by atoms with van der Waals surface area (Å²) >= 11 is 0. The lowest BCUT2D eigenvalue weighted by Crippen LogP contribution is -1.85. The maximum atomic E-state index is 10.7. The average Bonchev–Trinajstić information content (AvgIpc) is 2.53. The highest BCUT2D eigenvalue weighted by atomic mass is 16.5. The van der Waals surface area contributed by atoms with Crippen LogP contribution < -0.4 is 5.63 Å². The van der Waals surface area contributed by atoms with Crippen molar-refractivity contribution in [3.05, 3.63) is 40.8 Å². The molecule has 4 heteroatoms. The van der Waals surface area contributed by atoms with E-state index in [0.717, 1.165) is 5.56 Å². The molecular weight excluding hydrogens is 170 g/mol. The Balaban J connectivity index is 2.47. The third kappa shape index (κ3) is 1.46. The Kier molecular flexibility index (Phi) is 1.66. The summed E-state index contributed by atoms with van der Waals surface area (Å²) in [6.45, 7) is 0. The van der Waals surface area contributed by atoms with Crippen molar-refractivity contribution < 1.29 is 9.63 Å². The Morgan fingerprint density at radius 1 is 1.23 bits per heavy atom. The Bertz CT molecular complexity index is 452. The number of hydrogen-bond donors (Lipinski definition) is 2. The van der Waals surface area contributed by atoms with Crippen molar-refractivity contribution in [1.82, 2.24) is 5.16 Å². The molecule has 66 valence electrons. The van der Waals surface area contributed by atoms with E-state index >= 15 is 0 Å². The minimum atomic E-state index is -0.414. The highest BCUT2D eigenvalue weighted by Crippen LogP contribution is 2.18. The number of phenolic OH excluding ortho intramolecular Hbond substituents is 1. The fourth-order valence-corrected chi connectivity index (χ4v) is 1.07. The summed E-state index contributed by atoms with van der Waals surface area (Å²) in [5, 5.41) is 11.5. The monoisotopic (exact) mass is 177 g/mol. The summed E-state index contributed by atoms with van der Waals surface area (Å²) in [4.78, 5) is 10.7. The molecule has 1 aromatic heterocycles. The molecule has 0 aliphatic rings. The second-order valence-corrected chi connectivity index (χ2v) is 2.63. The third-order valence-electron chi connectivity index (χ3n) is 1.70. The summed E-state index contributed by atoms with van der Waals surface area (Å²) < 4.78 is 4.51. The van der Waals surface area contributed by atoms with Gasteiger partial charge < -0.3 is 9.63 Å². The van der Waals surface area contributed by atoms with Gasteiger partial charge in [-0.15, -0.1) is 0 Å². The summed E-state index contributed by atoms with van der Waals surface area (Å²) in [6.07, 6.45) is 0. The van der Waals surface area contributed by atoms with Crippen molar-refractivity contribution in [1.29, 1.82) is 0 Å². The van der Waals surface area contributed by atoms with E-state index in [0.29, 0.717) is 5.69 Å². The zero-order valence-electron chi connectivity index (χ0n) is 6.65. The minimum absolute atomic E-state index is 0.189. The summed E-state index contributed by atoms with van der Waals surface area (Å²) in [6, 6.07) is 7.82. The van der Waals surface area contributed by atoms with Crippen molar-refractivity contribution in [3.8, 4) is 17.0 Å². The van der Waals surface area contributed by atoms with Gasteiger partial charge in [-0.3, -0.25) is 0 Å². The van der Waals surface area contributed by atoms with Crippen LogP contribution in [0.15, 0.2) is 39.6 Å². The van der Waals surface area contributed by atoms with Gasteiger partial charge in [0.1, 0.15) is 5.75 Å². The van der Waals surface area contributed by atoms with Crippen LogP contribution >= 0.6 is 0 Å². The molecule has 0 spiro atoms. The summed E-state index contributed by atoms with van der Waals surface area (Å²) in [5.74, 6) is 0.189. The molecular formula is C9H7NO3. The van der Waals surface area contributed by atoms with Gasteiger partial charge >= 0.3 is 5.63 Å². The van der Waals surface area contributed by atoms with Gasteiger partial charge in [0.2, 0.25) is 0 Å². The number of hydrogen-bond acceptors (Lipinski definition) is 3. The smallest absolute Gasteiger partial charge is 0.357 e. The van der Waals surface area contributed by atoms with Gasteiger partial charge in [0.15, 0.2) is 0 Å². The molecule has 1 heterocycles. The lowest BCUT2D eigenvalue weighted by molar-refractivity contribution is 0.394. The fraction of sp³-hybridized carbons (Fsp3) is 0. The highest BCUT2D eigenvalue weighted by Gasteiger charge is 2.00. The van der Waals surface area contributed by atoms with Crippen molar-refractivity contribution in [2.45, 2.75) is 0 Å². The Morgan fingerprint density at radius 2 is 1.92 bits per heavy atom. The number of H-pyrrole nitrogens is 1. The number of rotatable bonds is 1. The van der Waals surface area contributed by atoms with Crippen LogP contribution in [-0.2, 0) is 0 Å². The number of aromatic amines is 1. The normalized spacial score (nSPS) is 10.2. The largest absolute Gasteiger partial charge is 0.508 e. The van der Waals surface area contributed by atoms with Gasteiger partial charge in [-0.25, -0.2) is 9.95 Å². The SMILES string of the molecule is O=c1cc(-c2ccc(O)cc2)[nH]o1. The molecule has 0 aliphatic heterocycles. The molecule has 4 nitrogen and oxygen atoms in total. The van der Waals surface area contributed by atoms with Gasteiger partial charge in [-0.2, -0.15) is 0 Å². The molecule has 1 aromatic carbocycles. The molecule has 2 aromatic rings. The minimum Gasteiger partial charge on any atom is -0.508 e. The number of aromatic hydroxyl groups is 1. The first kappa shape index (κ1) is 7.67. The van der Waals surface area contributed by atoms with E-state index in [1.54, 1.807) is 24.3 Å². The summed E-state index contributed by atoms with van der Waals surface area (Å²) in [7, 11) is 0. The van der Waals surface area contributed by atoms with Gasteiger partial charge in [0.25, 0.3) is 0 Å².